The minimum absolute atomic E-state index is 0.107. The number of aryl methyl sites for hydroxylation is 1. The minimum atomic E-state index is -0.433. The van der Waals surface area contributed by atoms with E-state index in [2.05, 4.69) is 31.4 Å². The number of anilines is 1. The van der Waals surface area contributed by atoms with E-state index in [1.807, 2.05) is 0 Å². The van der Waals surface area contributed by atoms with Gasteiger partial charge in [-0.2, -0.15) is 0 Å². The van der Waals surface area contributed by atoms with Gasteiger partial charge in [-0.25, -0.2) is 9.37 Å². The third kappa shape index (κ3) is 3.76. The molecule has 0 saturated carbocycles. The Morgan fingerprint density at radius 1 is 1.25 bits per heavy atom. The molecule has 2 aromatic heterocycles. The van der Waals surface area contributed by atoms with Crippen molar-refractivity contribution < 1.29 is 23.2 Å². The monoisotopic (exact) mass is 447 g/mol. The lowest BCUT2D eigenvalue weighted by atomic mass is 10.1. The number of rotatable bonds is 5. The van der Waals surface area contributed by atoms with Gasteiger partial charge in [-0.15, -0.1) is 0 Å². The van der Waals surface area contributed by atoms with E-state index in [1.165, 1.54) is 24.3 Å². The van der Waals surface area contributed by atoms with Crippen LogP contribution in [-0.2, 0) is 4.74 Å². The maximum absolute atomic E-state index is 13.2. The maximum atomic E-state index is 13.2. The second kappa shape index (κ2) is 7.69. The van der Waals surface area contributed by atoms with Crippen molar-refractivity contribution in [2.45, 2.75) is 13.0 Å². The third-order valence-electron chi connectivity index (χ3n) is 4.17. The molecule has 0 atom stereocenters. The van der Waals surface area contributed by atoms with Crippen LogP contribution in [0.4, 0.5) is 10.1 Å². The molecule has 1 aliphatic heterocycles. The van der Waals surface area contributed by atoms with E-state index < -0.39 is 5.91 Å². The molecule has 1 N–H and O–H groups in total. The van der Waals surface area contributed by atoms with Gasteiger partial charge in [-0.3, -0.25) is 4.79 Å². The summed E-state index contributed by atoms with van der Waals surface area (Å²) in [5.41, 5.74) is 1.56. The fourth-order valence-electron chi connectivity index (χ4n) is 2.67. The van der Waals surface area contributed by atoms with E-state index in [-0.39, 0.29) is 23.4 Å². The number of nitrogens with one attached hydrogen (secondary N) is 1. The van der Waals surface area contributed by atoms with Gasteiger partial charge in [0.1, 0.15) is 39.2 Å². The molecule has 4 rings (SSSR count). The highest BCUT2D eigenvalue weighted by Crippen LogP contribution is 2.30. The lowest BCUT2D eigenvalue weighted by Crippen LogP contribution is -2.39. The molecule has 3 aromatic rings. The summed E-state index contributed by atoms with van der Waals surface area (Å²) in [4.78, 5) is 17.2. The number of nitrogens with zero attached hydrogens (tertiary/aromatic N) is 2. The number of amides is 1. The Balaban J connectivity index is 1.63. The highest BCUT2D eigenvalue weighted by Gasteiger charge is 2.25. The smallest absolute Gasteiger partial charge is 0.261 e. The van der Waals surface area contributed by atoms with Crippen LogP contribution in [0.3, 0.4) is 0 Å². The molecule has 144 valence electrons. The largest absolute Gasteiger partial charge is 0.468 e. The van der Waals surface area contributed by atoms with Crippen molar-refractivity contribution in [2.24, 2.45) is 0 Å². The van der Waals surface area contributed by atoms with Gasteiger partial charge in [0.2, 0.25) is 5.88 Å². The van der Waals surface area contributed by atoms with Crippen LogP contribution in [0.15, 0.2) is 45.5 Å². The van der Waals surface area contributed by atoms with Crippen LogP contribution in [-0.4, -0.2) is 35.4 Å². The number of carbonyl (C=O) groups is 1. The number of hydrogen-bond acceptors (Lipinski definition) is 6. The predicted molar refractivity (Wildman–Crippen MR) is 102 cm³/mol. The Morgan fingerprint density at radius 3 is 2.68 bits per heavy atom. The summed E-state index contributed by atoms with van der Waals surface area (Å²) < 4.78 is 29.9. The molecule has 0 spiro atoms. The second-order valence-electron chi connectivity index (χ2n) is 6.19. The lowest BCUT2D eigenvalue weighted by molar-refractivity contribution is -0.0810. The number of pyridine rings is 1. The van der Waals surface area contributed by atoms with E-state index in [0.717, 1.165) is 0 Å². The summed E-state index contributed by atoms with van der Waals surface area (Å²) in [5.74, 6) is -0.181. The standard InChI is InChI=1S/C19H15BrFN3O4/c1-10-16(17(24-28-10)11-2-4-12(21)5-3-11)18(25)22-14-6-7-15(20)23-19(14)27-13-8-26-9-13/h2-7,13H,8-9H2,1H3,(H,22,25). The average Bonchev–Trinajstić information content (AvgIpc) is 3.02. The molecule has 0 radical (unpaired) electrons. The normalized spacial score (nSPS) is 13.8. The fraction of sp³-hybridized carbons (Fsp3) is 0.211. The van der Waals surface area contributed by atoms with Crippen molar-refractivity contribution >= 4 is 27.5 Å². The van der Waals surface area contributed by atoms with Gasteiger partial charge in [0.25, 0.3) is 5.91 Å². The number of hydrogen-bond donors (Lipinski definition) is 1. The van der Waals surface area contributed by atoms with Crippen molar-refractivity contribution in [3.63, 3.8) is 0 Å². The molecule has 0 unspecified atom stereocenters. The van der Waals surface area contributed by atoms with Crippen molar-refractivity contribution in [1.29, 1.82) is 0 Å². The Kier molecular flexibility index (Phi) is 5.10. The van der Waals surface area contributed by atoms with Crippen molar-refractivity contribution in [1.82, 2.24) is 10.1 Å². The molecule has 28 heavy (non-hydrogen) atoms. The molecule has 7 nitrogen and oxygen atoms in total. The summed E-state index contributed by atoms with van der Waals surface area (Å²) in [5, 5.41) is 6.75. The van der Waals surface area contributed by atoms with Gasteiger partial charge in [-0.1, -0.05) is 5.16 Å². The summed E-state index contributed by atoms with van der Waals surface area (Å²) in [7, 11) is 0. The number of carbonyl (C=O) groups excluding carboxylic acids is 1. The van der Waals surface area contributed by atoms with Crippen molar-refractivity contribution in [2.75, 3.05) is 18.5 Å². The Hall–Kier alpha value is -2.78. The van der Waals surface area contributed by atoms with Gasteiger partial charge in [0, 0.05) is 5.56 Å². The van der Waals surface area contributed by atoms with Crippen LogP contribution in [0.1, 0.15) is 16.1 Å². The number of halogens is 2. The van der Waals surface area contributed by atoms with Gasteiger partial charge in [-0.05, 0) is 59.3 Å². The maximum Gasteiger partial charge on any atom is 0.261 e. The van der Waals surface area contributed by atoms with Crippen LogP contribution in [0.25, 0.3) is 11.3 Å². The van der Waals surface area contributed by atoms with Crippen LogP contribution in [0.2, 0.25) is 0 Å². The van der Waals surface area contributed by atoms with E-state index in [1.54, 1.807) is 19.1 Å². The molecule has 0 aliphatic carbocycles. The molecule has 0 bridgehead atoms. The van der Waals surface area contributed by atoms with Crippen molar-refractivity contribution in [3.8, 4) is 17.1 Å². The molecule has 1 fully saturated rings. The Labute approximate surface area is 168 Å². The van der Waals surface area contributed by atoms with E-state index >= 15 is 0 Å². The first kappa shape index (κ1) is 18.6. The summed E-state index contributed by atoms with van der Waals surface area (Å²) in [6, 6.07) is 9.05. The Bertz CT molecular complexity index is 1020. The third-order valence-corrected chi connectivity index (χ3v) is 4.61. The first-order chi connectivity index (χ1) is 13.5. The van der Waals surface area contributed by atoms with E-state index in [4.69, 9.17) is 14.0 Å². The van der Waals surface area contributed by atoms with Gasteiger partial charge >= 0.3 is 0 Å². The van der Waals surface area contributed by atoms with Crippen LogP contribution >= 0.6 is 15.9 Å². The molecular formula is C19H15BrFN3O4. The highest BCUT2D eigenvalue weighted by molar-refractivity contribution is 9.10. The zero-order chi connectivity index (χ0) is 19.7. The quantitative estimate of drug-likeness (QED) is 0.595. The number of ether oxygens (including phenoxy) is 2. The molecule has 3 heterocycles. The summed E-state index contributed by atoms with van der Waals surface area (Å²) in [6.45, 7) is 2.58. The van der Waals surface area contributed by atoms with E-state index in [9.17, 15) is 9.18 Å². The van der Waals surface area contributed by atoms with E-state index in [0.29, 0.717) is 40.5 Å². The Morgan fingerprint density at radius 2 is 2.00 bits per heavy atom. The van der Waals surface area contributed by atoms with Gasteiger partial charge in [0.05, 0.1) is 13.2 Å². The number of aromatic nitrogens is 2. The molecule has 1 aromatic carbocycles. The van der Waals surface area contributed by atoms with Crippen LogP contribution in [0.5, 0.6) is 5.88 Å². The van der Waals surface area contributed by atoms with Crippen LogP contribution in [0, 0.1) is 12.7 Å². The molecule has 1 amide bonds. The predicted octanol–water partition coefficient (Wildman–Crippen LogP) is 3.98. The zero-order valence-electron chi connectivity index (χ0n) is 14.7. The fourth-order valence-corrected chi connectivity index (χ4v) is 2.97. The van der Waals surface area contributed by atoms with Crippen LogP contribution < -0.4 is 10.1 Å². The number of benzene rings is 1. The first-order valence-corrected chi connectivity index (χ1v) is 9.25. The summed E-state index contributed by atoms with van der Waals surface area (Å²) >= 11 is 3.30. The second-order valence-corrected chi connectivity index (χ2v) is 7.00. The topological polar surface area (TPSA) is 86.5 Å². The highest BCUT2D eigenvalue weighted by atomic mass is 79.9. The first-order valence-electron chi connectivity index (χ1n) is 8.46. The molecule has 1 saturated heterocycles. The molecule has 1 aliphatic rings. The molecular weight excluding hydrogens is 433 g/mol. The molecule has 9 heteroatoms. The minimum Gasteiger partial charge on any atom is -0.468 e. The summed E-state index contributed by atoms with van der Waals surface area (Å²) in [6.07, 6.45) is -0.107. The van der Waals surface area contributed by atoms with Crippen molar-refractivity contribution in [3.05, 3.63) is 58.1 Å². The SMILES string of the molecule is Cc1onc(-c2ccc(F)cc2)c1C(=O)Nc1ccc(Br)nc1OC1COC1. The zero-order valence-corrected chi connectivity index (χ0v) is 16.3. The average molecular weight is 448 g/mol. The lowest BCUT2D eigenvalue weighted by Gasteiger charge is -2.27. The van der Waals surface area contributed by atoms with Gasteiger partial charge < -0.3 is 19.3 Å². The van der Waals surface area contributed by atoms with Gasteiger partial charge in [0.15, 0.2) is 0 Å².